The van der Waals surface area contributed by atoms with Crippen molar-refractivity contribution in [1.29, 1.82) is 10.5 Å². The summed E-state index contributed by atoms with van der Waals surface area (Å²) in [6.45, 7) is 1.51. The second-order valence-corrected chi connectivity index (χ2v) is 4.71. The molecule has 0 spiro atoms. The molecule has 0 fully saturated rings. The van der Waals surface area contributed by atoms with E-state index < -0.39 is 10.8 Å². The molecule has 0 aromatic rings. The molecule has 0 N–H and O–H groups in total. The highest BCUT2D eigenvalue weighted by atomic mass is 35.5. The summed E-state index contributed by atoms with van der Waals surface area (Å²) in [7, 11) is 0. The van der Waals surface area contributed by atoms with Gasteiger partial charge in [0.1, 0.15) is 5.41 Å². The number of hydrogen-bond acceptors (Lipinski definition) is 2. The van der Waals surface area contributed by atoms with Crippen molar-refractivity contribution in [3.05, 3.63) is 20.7 Å². The number of nitriles is 2. The summed E-state index contributed by atoms with van der Waals surface area (Å²) < 4.78 is 0. The summed E-state index contributed by atoms with van der Waals surface area (Å²) >= 11 is 23.5. The van der Waals surface area contributed by atoms with Crippen molar-refractivity contribution < 1.29 is 0 Å². The van der Waals surface area contributed by atoms with Crippen LogP contribution in [-0.2, 0) is 0 Å². The summed E-state index contributed by atoms with van der Waals surface area (Å²) in [5.41, 5.74) is -1.15. The first-order valence-electron chi connectivity index (χ1n) is 3.81. The van der Waals surface area contributed by atoms with Gasteiger partial charge in [0.2, 0.25) is 0 Å². The van der Waals surface area contributed by atoms with Crippen molar-refractivity contribution >= 4 is 46.4 Å². The zero-order valence-corrected chi connectivity index (χ0v) is 10.5. The Kier molecular flexibility index (Phi) is 3.59. The first-order chi connectivity index (χ1) is 6.90. The van der Waals surface area contributed by atoms with Crippen LogP contribution in [0.3, 0.4) is 0 Å². The second-order valence-electron chi connectivity index (χ2n) is 3.14. The average molecular weight is 282 g/mol. The lowest BCUT2D eigenvalue weighted by Gasteiger charge is -2.31. The number of alkyl halides is 1. The SMILES string of the molecule is CC1(C#N)C(Cl)=C(Cl)C(Cl)=C(C#N)C1Cl. The molecule has 78 valence electrons. The standard InChI is InChI=1S/C9H4Cl4N2/c1-9(3-15)7(12)4(2-14)5(10)6(11)8(9)13/h7H,1H3. The number of rotatable bonds is 0. The van der Waals surface area contributed by atoms with E-state index in [1.807, 2.05) is 12.1 Å². The third-order valence-corrected chi connectivity index (χ3v) is 4.39. The van der Waals surface area contributed by atoms with E-state index in [1.165, 1.54) is 6.92 Å². The Bertz CT molecular complexity index is 452. The normalized spacial score (nSPS) is 31.3. The van der Waals surface area contributed by atoms with Gasteiger partial charge in [-0.15, -0.1) is 11.6 Å². The Balaban J connectivity index is 3.52. The number of nitrogens with zero attached hydrogens (tertiary/aromatic N) is 2. The topological polar surface area (TPSA) is 47.6 Å². The molecule has 0 amide bonds. The third kappa shape index (κ3) is 1.73. The molecule has 1 aliphatic carbocycles. The molecule has 2 unspecified atom stereocenters. The van der Waals surface area contributed by atoms with Gasteiger partial charge in [-0.25, -0.2) is 0 Å². The van der Waals surface area contributed by atoms with Crippen molar-refractivity contribution in [1.82, 2.24) is 0 Å². The van der Waals surface area contributed by atoms with Crippen molar-refractivity contribution in [2.45, 2.75) is 12.3 Å². The molecular formula is C9H4Cl4N2. The highest BCUT2D eigenvalue weighted by Gasteiger charge is 2.45. The van der Waals surface area contributed by atoms with E-state index in [9.17, 15) is 0 Å². The molecule has 6 heteroatoms. The van der Waals surface area contributed by atoms with E-state index in [0.29, 0.717) is 0 Å². The summed E-state index contributed by atoms with van der Waals surface area (Å²) in [6, 6.07) is 3.78. The smallest absolute Gasteiger partial charge is 0.113 e. The minimum Gasteiger partial charge on any atom is -0.197 e. The van der Waals surface area contributed by atoms with Crippen LogP contribution in [0.5, 0.6) is 0 Å². The molecule has 2 atom stereocenters. The van der Waals surface area contributed by atoms with Crippen LogP contribution in [0.25, 0.3) is 0 Å². The van der Waals surface area contributed by atoms with Crippen LogP contribution in [-0.4, -0.2) is 5.38 Å². The Morgan fingerprint density at radius 1 is 1.20 bits per heavy atom. The maximum Gasteiger partial charge on any atom is 0.113 e. The fourth-order valence-electron chi connectivity index (χ4n) is 1.17. The van der Waals surface area contributed by atoms with Crippen molar-refractivity contribution in [3.8, 4) is 12.1 Å². The predicted octanol–water partition coefficient (Wildman–Crippen LogP) is 3.84. The molecular weight excluding hydrogens is 278 g/mol. The van der Waals surface area contributed by atoms with E-state index in [1.54, 1.807) is 0 Å². The van der Waals surface area contributed by atoms with Crippen LogP contribution >= 0.6 is 46.4 Å². The lowest BCUT2D eigenvalue weighted by atomic mass is 9.80. The molecule has 0 saturated carbocycles. The van der Waals surface area contributed by atoms with Crippen LogP contribution in [0.2, 0.25) is 0 Å². The third-order valence-electron chi connectivity index (χ3n) is 2.19. The Morgan fingerprint density at radius 3 is 2.13 bits per heavy atom. The molecule has 1 rings (SSSR count). The summed E-state index contributed by atoms with van der Waals surface area (Å²) in [6.07, 6.45) is 0. The minimum absolute atomic E-state index is 0.0100. The molecule has 0 bridgehead atoms. The van der Waals surface area contributed by atoms with Gasteiger partial charge in [0.05, 0.1) is 38.2 Å². The first kappa shape index (κ1) is 12.7. The minimum atomic E-state index is -1.22. The van der Waals surface area contributed by atoms with Gasteiger partial charge in [0, 0.05) is 0 Å². The highest BCUT2D eigenvalue weighted by Crippen LogP contribution is 2.49. The molecule has 2 nitrogen and oxygen atoms in total. The second kappa shape index (κ2) is 4.24. The van der Waals surface area contributed by atoms with Crippen LogP contribution in [0.4, 0.5) is 0 Å². The van der Waals surface area contributed by atoms with Gasteiger partial charge >= 0.3 is 0 Å². The highest BCUT2D eigenvalue weighted by molar-refractivity contribution is 6.49. The lowest BCUT2D eigenvalue weighted by molar-refractivity contribution is 0.554. The number of hydrogen-bond donors (Lipinski definition) is 0. The molecule has 0 heterocycles. The van der Waals surface area contributed by atoms with Gasteiger partial charge in [0.25, 0.3) is 0 Å². The molecule has 0 aromatic heterocycles. The summed E-state index contributed by atoms with van der Waals surface area (Å²) in [5, 5.41) is 17.1. The van der Waals surface area contributed by atoms with Crippen LogP contribution < -0.4 is 0 Å². The van der Waals surface area contributed by atoms with Gasteiger partial charge in [-0.1, -0.05) is 34.8 Å². The molecule has 0 aliphatic heterocycles. The van der Waals surface area contributed by atoms with Gasteiger partial charge in [-0.2, -0.15) is 10.5 Å². The largest absolute Gasteiger partial charge is 0.197 e. The van der Waals surface area contributed by atoms with Gasteiger partial charge in [0.15, 0.2) is 0 Å². The van der Waals surface area contributed by atoms with E-state index in [4.69, 9.17) is 56.9 Å². The molecule has 1 aliphatic rings. The summed E-state index contributed by atoms with van der Waals surface area (Å²) in [4.78, 5) is 0. The maximum atomic E-state index is 9.02. The Hall–Kier alpha value is -0.380. The van der Waals surface area contributed by atoms with E-state index in [-0.39, 0.29) is 20.7 Å². The van der Waals surface area contributed by atoms with E-state index in [2.05, 4.69) is 0 Å². The van der Waals surface area contributed by atoms with Crippen LogP contribution in [0.1, 0.15) is 6.92 Å². The van der Waals surface area contributed by atoms with Crippen LogP contribution in [0, 0.1) is 28.1 Å². The number of halogens is 4. The lowest BCUT2D eigenvalue weighted by Crippen LogP contribution is -2.32. The van der Waals surface area contributed by atoms with Gasteiger partial charge in [-0.05, 0) is 6.92 Å². The quantitative estimate of drug-likeness (QED) is 0.633. The molecule has 0 radical (unpaired) electrons. The van der Waals surface area contributed by atoms with Gasteiger partial charge < -0.3 is 0 Å². The Labute approximate surface area is 107 Å². The van der Waals surface area contributed by atoms with Gasteiger partial charge in [-0.3, -0.25) is 0 Å². The summed E-state index contributed by atoms with van der Waals surface area (Å²) in [5.74, 6) is 0. The Morgan fingerprint density at radius 2 is 1.73 bits per heavy atom. The van der Waals surface area contributed by atoms with Crippen molar-refractivity contribution in [2.24, 2.45) is 5.41 Å². The number of allylic oxidation sites excluding steroid dienone is 4. The fraction of sp³-hybridized carbons (Fsp3) is 0.333. The fourth-order valence-corrected chi connectivity index (χ4v) is 2.43. The van der Waals surface area contributed by atoms with E-state index >= 15 is 0 Å². The molecule has 0 aromatic carbocycles. The zero-order valence-electron chi connectivity index (χ0n) is 7.48. The average Bonchev–Trinajstić information content (AvgIpc) is 2.24. The molecule has 0 saturated heterocycles. The first-order valence-corrected chi connectivity index (χ1v) is 5.38. The zero-order chi connectivity index (χ0) is 11.8. The predicted molar refractivity (Wildman–Crippen MR) is 60.6 cm³/mol. The van der Waals surface area contributed by atoms with E-state index in [0.717, 1.165) is 0 Å². The monoisotopic (exact) mass is 280 g/mol. The van der Waals surface area contributed by atoms with Crippen molar-refractivity contribution in [3.63, 3.8) is 0 Å². The van der Waals surface area contributed by atoms with Crippen LogP contribution in [0.15, 0.2) is 20.7 Å². The maximum absolute atomic E-state index is 9.02. The molecule has 15 heavy (non-hydrogen) atoms. The van der Waals surface area contributed by atoms with Crippen molar-refractivity contribution in [2.75, 3.05) is 0 Å².